The summed E-state index contributed by atoms with van der Waals surface area (Å²) in [4.78, 5) is 0. The lowest BCUT2D eigenvalue weighted by Gasteiger charge is -2.21. The molecule has 64 valence electrons. The van der Waals surface area contributed by atoms with Gasteiger partial charge in [0, 0.05) is 0 Å². The molecule has 0 amide bonds. The van der Waals surface area contributed by atoms with Crippen molar-refractivity contribution in [2.75, 3.05) is 0 Å². The van der Waals surface area contributed by atoms with Crippen molar-refractivity contribution >= 4 is 6.08 Å². The lowest BCUT2D eigenvalue weighted by atomic mass is 9.84. The second-order valence-corrected chi connectivity index (χ2v) is 3.98. The van der Waals surface area contributed by atoms with Crippen molar-refractivity contribution in [1.29, 1.82) is 0 Å². The molecule has 0 saturated carbocycles. The molecule has 0 spiro atoms. The Bertz CT molecular complexity index is 342. The van der Waals surface area contributed by atoms with Crippen LogP contribution < -0.4 is 0 Å². The monoisotopic (exact) mass is 162 g/mol. The number of hydrogen-bond donors (Lipinski definition) is 0. The molecule has 0 aliphatic carbocycles. The zero-order valence-corrected chi connectivity index (χ0v) is 7.89. The average Bonchev–Trinajstić information content (AvgIpc) is 2.01. The van der Waals surface area contributed by atoms with Crippen molar-refractivity contribution in [2.45, 2.75) is 26.2 Å². The van der Waals surface area contributed by atoms with Gasteiger partial charge in [0.1, 0.15) is 0 Å². The Morgan fingerprint density at radius 3 is 2.58 bits per heavy atom. The third kappa shape index (κ3) is 1.76. The van der Waals surface area contributed by atoms with E-state index >= 15 is 0 Å². The molecule has 0 bridgehead atoms. The smallest absolute Gasteiger partial charge is 0.0538 e. The molecule has 0 heterocycles. The predicted octanol–water partition coefficient (Wildman–Crippen LogP) is 3.63. The molecule has 0 fully saturated rings. The Morgan fingerprint density at radius 2 is 2.00 bits per heavy atom. The van der Waals surface area contributed by atoms with Crippen LogP contribution in [0.3, 0.4) is 0 Å². The maximum absolute atomic E-state index is 7.14. The zero-order valence-electron chi connectivity index (χ0n) is 9.89. The van der Waals surface area contributed by atoms with Crippen LogP contribution in [-0.4, -0.2) is 0 Å². The van der Waals surface area contributed by atoms with E-state index in [1.54, 1.807) is 6.08 Å². The summed E-state index contributed by atoms with van der Waals surface area (Å²) in [6, 6.07) is 7.92. The zero-order chi connectivity index (χ0) is 10.8. The summed E-state index contributed by atoms with van der Waals surface area (Å²) in [6.45, 7) is 6.25. The molecule has 0 N–H and O–H groups in total. The molecule has 1 aromatic rings. The van der Waals surface area contributed by atoms with Gasteiger partial charge in [-0.05, 0) is 16.5 Å². The van der Waals surface area contributed by atoms with Crippen LogP contribution in [0, 0.1) is 0 Å². The summed E-state index contributed by atoms with van der Waals surface area (Å²) in [5, 5.41) is 0. The SMILES string of the molecule is [2H]C([2H])=Cc1ccccc1C(C)(C)C. The lowest BCUT2D eigenvalue weighted by molar-refractivity contribution is 0.589. The van der Waals surface area contributed by atoms with E-state index in [1.165, 1.54) is 5.56 Å². The highest BCUT2D eigenvalue weighted by Crippen LogP contribution is 2.25. The van der Waals surface area contributed by atoms with E-state index in [4.69, 9.17) is 2.74 Å². The van der Waals surface area contributed by atoms with Crippen molar-refractivity contribution in [1.82, 2.24) is 0 Å². The quantitative estimate of drug-likeness (QED) is 0.591. The van der Waals surface area contributed by atoms with Crippen LogP contribution in [0.15, 0.2) is 30.8 Å². The largest absolute Gasteiger partial charge is 0.0985 e. The molecule has 0 unspecified atom stereocenters. The summed E-state index contributed by atoms with van der Waals surface area (Å²) >= 11 is 0. The van der Waals surface area contributed by atoms with E-state index in [1.807, 2.05) is 18.2 Å². The molecule has 12 heavy (non-hydrogen) atoms. The van der Waals surface area contributed by atoms with Crippen LogP contribution in [0.1, 0.15) is 34.6 Å². The molecule has 0 radical (unpaired) electrons. The minimum atomic E-state index is -0.151. The van der Waals surface area contributed by atoms with Crippen LogP contribution in [0.2, 0.25) is 0 Å². The van der Waals surface area contributed by atoms with Crippen LogP contribution in [0.25, 0.3) is 6.08 Å². The van der Waals surface area contributed by atoms with Gasteiger partial charge in [-0.15, -0.1) is 0 Å². The Kier molecular flexibility index (Phi) is 1.69. The molecular formula is C12H16. The molecule has 0 heteroatoms. The minimum absolute atomic E-state index is 0.0581. The fraction of sp³-hybridized carbons (Fsp3) is 0.333. The van der Waals surface area contributed by atoms with E-state index in [2.05, 4.69) is 26.8 Å². The molecule has 1 aromatic carbocycles. The van der Waals surface area contributed by atoms with Crippen LogP contribution >= 0.6 is 0 Å². The fourth-order valence-corrected chi connectivity index (χ4v) is 1.31. The third-order valence-electron chi connectivity index (χ3n) is 1.92. The maximum atomic E-state index is 7.14. The van der Waals surface area contributed by atoms with Gasteiger partial charge in [-0.3, -0.25) is 0 Å². The summed E-state index contributed by atoms with van der Waals surface area (Å²) < 4.78 is 14.3. The van der Waals surface area contributed by atoms with Gasteiger partial charge in [-0.25, -0.2) is 0 Å². The Morgan fingerprint density at radius 1 is 1.33 bits per heavy atom. The highest BCUT2D eigenvalue weighted by molar-refractivity contribution is 5.53. The summed E-state index contributed by atoms with van der Waals surface area (Å²) in [5.74, 6) is 0. The lowest BCUT2D eigenvalue weighted by Crippen LogP contribution is -2.12. The highest BCUT2D eigenvalue weighted by atomic mass is 14.2. The van der Waals surface area contributed by atoms with E-state index in [9.17, 15) is 0 Å². The number of hydrogen-bond acceptors (Lipinski definition) is 0. The van der Waals surface area contributed by atoms with Crippen LogP contribution in [-0.2, 0) is 5.41 Å². The molecule has 0 aliphatic heterocycles. The number of rotatable bonds is 1. The highest BCUT2D eigenvalue weighted by Gasteiger charge is 2.15. The summed E-state index contributed by atoms with van der Waals surface area (Å²) in [7, 11) is 0. The molecule has 1 rings (SSSR count). The van der Waals surface area contributed by atoms with E-state index in [0.29, 0.717) is 0 Å². The van der Waals surface area contributed by atoms with Crippen molar-refractivity contribution in [3.8, 4) is 0 Å². The second-order valence-electron chi connectivity index (χ2n) is 3.98. The van der Waals surface area contributed by atoms with Gasteiger partial charge in [-0.1, -0.05) is 57.6 Å². The Labute approximate surface area is 77.7 Å². The third-order valence-corrected chi connectivity index (χ3v) is 1.92. The van der Waals surface area contributed by atoms with Gasteiger partial charge in [0.2, 0.25) is 0 Å². The topological polar surface area (TPSA) is 0 Å². The Hall–Kier alpha value is -1.04. The van der Waals surface area contributed by atoms with Crippen LogP contribution in [0.4, 0.5) is 0 Å². The molecule has 0 saturated heterocycles. The maximum Gasteiger partial charge on any atom is 0.0538 e. The first-order valence-electron chi connectivity index (χ1n) is 5.15. The van der Waals surface area contributed by atoms with Gasteiger partial charge in [0.25, 0.3) is 0 Å². The van der Waals surface area contributed by atoms with Gasteiger partial charge in [0.05, 0.1) is 2.74 Å². The second kappa shape index (κ2) is 3.14. The standard InChI is InChI=1S/C12H16/c1-5-10-8-6-7-9-11(10)12(2,3)4/h5-9H,1H2,2-4H3/i1D2. The predicted molar refractivity (Wildman–Crippen MR) is 55.2 cm³/mol. The van der Waals surface area contributed by atoms with Crippen molar-refractivity contribution < 1.29 is 2.74 Å². The van der Waals surface area contributed by atoms with Crippen molar-refractivity contribution in [2.24, 2.45) is 0 Å². The molecular weight excluding hydrogens is 144 g/mol. The fourth-order valence-electron chi connectivity index (χ4n) is 1.31. The first-order valence-corrected chi connectivity index (χ1v) is 4.15. The van der Waals surface area contributed by atoms with Crippen molar-refractivity contribution in [3.63, 3.8) is 0 Å². The van der Waals surface area contributed by atoms with Gasteiger partial charge in [-0.2, -0.15) is 0 Å². The molecule has 0 aromatic heterocycles. The summed E-state index contributed by atoms with van der Waals surface area (Å²) in [5.41, 5.74) is 2.21. The minimum Gasteiger partial charge on any atom is -0.0985 e. The van der Waals surface area contributed by atoms with E-state index in [-0.39, 0.29) is 11.9 Å². The molecule has 0 nitrogen and oxygen atoms in total. The first kappa shape index (κ1) is 6.47. The van der Waals surface area contributed by atoms with E-state index < -0.39 is 0 Å². The average molecular weight is 162 g/mol. The molecule has 0 aliphatic rings. The van der Waals surface area contributed by atoms with Gasteiger partial charge < -0.3 is 0 Å². The van der Waals surface area contributed by atoms with Gasteiger partial charge in [0.15, 0.2) is 0 Å². The van der Waals surface area contributed by atoms with Crippen molar-refractivity contribution in [3.05, 3.63) is 41.9 Å². The normalized spacial score (nSPS) is 13.2. The van der Waals surface area contributed by atoms with Gasteiger partial charge >= 0.3 is 0 Å². The first-order chi connectivity index (χ1) is 6.41. The number of benzene rings is 1. The Balaban J connectivity index is 3.24. The molecule has 0 atom stereocenters. The van der Waals surface area contributed by atoms with E-state index in [0.717, 1.165) is 5.56 Å². The summed E-state index contributed by atoms with van der Waals surface area (Å²) in [6.07, 6.45) is 1.58. The van der Waals surface area contributed by atoms with Crippen LogP contribution in [0.5, 0.6) is 0 Å².